The van der Waals surface area contributed by atoms with Crippen molar-refractivity contribution >= 4 is 27.5 Å². The van der Waals surface area contributed by atoms with Crippen molar-refractivity contribution in [3.63, 3.8) is 0 Å². The Hall–Kier alpha value is -2.09. The molecule has 0 saturated heterocycles. The molecule has 162 valence electrons. The summed E-state index contributed by atoms with van der Waals surface area (Å²) in [6, 6.07) is 12.3. The maximum atomic E-state index is 12.4. The first-order chi connectivity index (χ1) is 14.4. The van der Waals surface area contributed by atoms with E-state index in [0.29, 0.717) is 6.54 Å². The molecule has 2 aromatic carbocycles. The summed E-state index contributed by atoms with van der Waals surface area (Å²) in [5.74, 6) is 0.0223. The van der Waals surface area contributed by atoms with Gasteiger partial charge in [-0.15, -0.1) is 0 Å². The summed E-state index contributed by atoms with van der Waals surface area (Å²) < 4.78 is 32.6. The van der Waals surface area contributed by atoms with Crippen molar-refractivity contribution in [1.29, 1.82) is 0 Å². The van der Waals surface area contributed by atoms with Gasteiger partial charge in [0.2, 0.25) is 10.0 Å². The molecule has 1 unspecified atom stereocenters. The van der Waals surface area contributed by atoms with Crippen LogP contribution in [0.1, 0.15) is 49.8 Å². The normalized spacial score (nSPS) is 16.0. The van der Waals surface area contributed by atoms with Crippen LogP contribution in [0.5, 0.6) is 5.75 Å². The maximum absolute atomic E-state index is 12.4. The number of hydrogen-bond donors (Lipinski definition) is 2. The Morgan fingerprint density at radius 1 is 1.23 bits per heavy atom. The van der Waals surface area contributed by atoms with E-state index in [1.165, 1.54) is 23.8 Å². The molecule has 0 saturated carbocycles. The van der Waals surface area contributed by atoms with Gasteiger partial charge < -0.3 is 10.1 Å². The molecule has 2 N–H and O–H groups in total. The standard InChI is InChI=1S/C22H27ClN2O4S/c1-2-3-13-24-30(27,28)17-11-12-21(19(23)14-17)29-15-22(26)25-20-10-6-8-16-7-4-5-9-18(16)20/h4-5,7,9,11-12,14,20,24H,2-3,6,8,10,13,15H2,1H3,(H,25,26). The van der Waals surface area contributed by atoms with Crippen LogP contribution in [0, 0.1) is 0 Å². The minimum Gasteiger partial charge on any atom is -0.482 e. The highest BCUT2D eigenvalue weighted by Crippen LogP contribution is 2.30. The lowest BCUT2D eigenvalue weighted by molar-refractivity contribution is -0.123. The van der Waals surface area contributed by atoms with Gasteiger partial charge in [0.1, 0.15) is 5.75 Å². The molecule has 1 atom stereocenters. The van der Waals surface area contributed by atoms with Gasteiger partial charge in [-0.1, -0.05) is 49.2 Å². The molecule has 0 fully saturated rings. The van der Waals surface area contributed by atoms with Gasteiger partial charge in [0.25, 0.3) is 5.91 Å². The van der Waals surface area contributed by atoms with Gasteiger partial charge in [0.05, 0.1) is 16.0 Å². The van der Waals surface area contributed by atoms with Gasteiger partial charge >= 0.3 is 0 Å². The number of ether oxygens (including phenoxy) is 1. The molecule has 1 aliphatic rings. The summed E-state index contributed by atoms with van der Waals surface area (Å²) in [4.78, 5) is 12.5. The highest BCUT2D eigenvalue weighted by atomic mass is 35.5. The monoisotopic (exact) mass is 450 g/mol. The summed E-state index contributed by atoms with van der Waals surface area (Å²) >= 11 is 6.19. The van der Waals surface area contributed by atoms with E-state index in [-0.39, 0.29) is 34.2 Å². The van der Waals surface area contributed by atoms with Gasteiger partial charge in [0, 0.05) is 6.54 Å². The molecule has 0 spiro atoms. The van der Waals surface area contributed by atoms with E-state index in [4.69, 9.17) is 16.3 Å². The fraction of sp³-hybridized carbons (Fsp3) is 0.409. The zero-order valence-electron chi connectivity index (χ0n) is 17.0. The molecule has 6 nitrogen and oxygen atoms in total. The number of sulfonamides is 1. The number of fused-ring (bicyclic) bond motifs is 1. The molecule has 0 heterocycles. The zero-order valence-corrected chi connectivity index (χ0v) is 18.6. The van der Waals surface area contributed by atoms with Gasteiger partial charge in [-0.3, -0.25) is 4.79 Å². The molecule has 0 aliphatic heterocycles. The lowest BCUT2D eigenvalue weighted by Crippen LogP contribution is -2.34. The number of aryl methyl sites for hydroxylation is 1. The summed E-state index contributed by atoms with van der Waals surface area (Å²) in [7, 11) is -3.62. The Balaban J connectivity index is 1.58. The first kappa shape index (κ1) is 22.6. The lowest BCUT2D eigenvalue weighted by Gasteiger charge is -2.26. The van der Waals surface area contributed by atoms with Crippen LogP contribution in [0.4, 0.5) is 0 Å². The number of halogens is 1. The quantitative estimate of drug-likeness (QED) is 0.565. The van der Waals surface area contributed by atoms with Crippen molar-refractivity contribution in [2.45, 2.75) is 50.0 Å². The summed E-state index contributed by atoms with van der Waals surface area (Å²) in [5, 5.41) is 3.16. The smallest absolute Gasteiger partial charge is 0.258 e. The van der Waals surface area contributed by atoms with Crippen LogP contribution < -0.4 is 14.8 Å². The van der Waals surface area contributed by atoms with Gasteiger partial charge in [-0.25, -0.2) is 13.1 Å². The third-order valence-electron chi connectivity index (χ3n) is 5.10. The van der Waals surface area contributed by atoms with E-state index in [9.17, 15) is 13.2 Å². The first-order valence-corrected chi connectivity index (χ1v) is 12.1. The Labute approximate surface area is 183 Å². The third-order valence-corrected chi connectivity index (χ3v) is 6.85. The molecular formula is C22H27ClN2O4S. The van der Waals surface area contributed by atoms with Crippen molar-refractivity contribution in [2.75, 3.05) is 13.2 Å². The van der Waals surface area contributed by atoms with Crippen LogP contribution in [0.25, 0.3) is 0 Å². The van der Waals surface area contributed by atoms with E-state index in [1.807, 2.05) is 25.1 Å². The van der Waals surface area contributed by atoms with E-state index >= 15 is 0 Å². The largest absolute Gasteiger partial charge is 0.482 e. The van der Waals surface area contributed by atoms with Crippen LogP contribution in [0.3, 0.4) is 0 Å². The fourth-order valence-electron chi connectivity index (χ4n) is 3.52. The molecule has 0 bridgehead atoms. The minimum atomic E-state index is -3.62. The van der Waals surface area contributed by atoms with Gasteiger partial charge in [-0.05, 0) is 55.0 Å². The Kier molecular flexibility index (Phi) is 7.75. The van der Waals surface area contributed by atoms with Crippen LogP contribution in [0.2, 0.25) is 5.02 Å². The van der Waals surface area contributed by atoms with E-state index < -0.39 is 10.0 Å². The predicted molar refractivity (Wildman–Crippen MR) is 117 cm³/mol. The molecule has 1 aliphatic carbocycles. The average Bonchev–Trinajstić information content (AvgIpc) is 2.73. The van der Waals surface area contributed by atoms with Crippen molar-refractivity contribution in [3.8, 4) is 5.75 Å². The number of amides is 1. The Morgan fingerprint density at radius 3 is 2.80 bits per heavy atom. The van der Waals surface area contributed by atoms with Crippen molar-refractivity contribution in [2.24, 2.45) is 0 Å². The van der Waals surface area contributed by atoms with Crippen LogP contribution >= 0.6 is 11.6 Å². The van der Waals surface area contributed by atoms with Crippen molar-refractivity contribution in [1.82, 2.24) is 10.0 Å². The molecule has 1 amide bonds. The molecule has 3 rings (SSSR count). The molecule has 8 heteroatoms. The van der Waals surface area contributed by atoms with E-state index in [2.05, 4.69) is 16.1 Å². The number of unbranched alkanes of at least 4 members (excludes halogenated alkanes) is 1. The predicted octanol–water partition coefficient (Wildman–Crippen LogP) is 3.99. The van der Waals surface area contributed by atoms with Crippen LogP contribution in [0.15, 0.2) is 47.4 Å². The number of rotatable bonds is 9. The number of carbonyl (C=O) groups is 1. The molecule has 0 radical (unpaired) electrons. The average molecular weight is 451 g/mol. The van der Waals surface area contributed by atoms with Gasteiger partial charge in [-0.2, -0.15) is 0 Å². The van der Waals surface area contributed by atoms with E-state index in [0.717, 1.165) is 37.7 Å². The van der Waals surface area contributed by atoms with Crippen LogP contribution in [-0.2, 0) is 21.2 Å². The summed E-state index contributed by atoms with van der Waals surface area (Å²) in [6.45, 7) is 2.17. The van der Waals surface area contributed by atoms with Crippen molar-refractivity contribution in [3.05, 3.63) is 58.6 Å². The zero-order chi connectivity index (χ0) is 21.6. The summed E-state index contributed by atoms with van der Waals surface area (Å²) in [5.41, 5.74) is 2.42. The number of benzene rings is 2. The first-order valence-electron chi connectivity index (χ1n) is 10.2. The third kappa shape index (κ3) is 5.74. The minimum absolute atomic E-state index is 0.0248. The van der Waals surface area contributed by atoms with Gasteiger partial charge in [0.15, 0.2) is 6.61 Å². The second-order valence-electron chi connectivity index (χ2n) is 7.34. The SMILES string of the molecule is CCCCNS(=O)(=O)c1ccc(OCC(=O)NC2CCCc3ccccc32)c(Cl)c1. The fourth-order valence-corrected chi connectivity index (χ4v) is 4.92. The number of nitrogens with one attached hydrogen (secondary N) is 2. The topological polar surface area (TPSA) is 84.5 Å². The Morgan fingerprint density at radius 2 is 2.03 bits per heavy atom. The molecule has 2 aromatic rings. The second-order valence-corrected chi connectivity index (χ2v) is 9.52. The number of carbonyl (C=O) groups excluding carboxylic acids is 1. The highest BCUT2D eigenvalue weighted by molar-refractivity contribution is 7.89. The summed E-state index contributed by atoms with van der Waals surface area (Å²) in [6.07, 6.45) is 4.59. The highest BCUT2D eigenvalue weighted by Gasteiger charge is 2.22. The lowest BCUT2D eigenvalue weighted by atomic mass is 9.88. The molecular weight excluding hydrogens is 424 g/mol. The molecule has 30 heavy (non-hydrogen) atoms. The molecule has 0 aromatic heterocycles. The van der Waals surface area contributed by atoms with Crippen molar-refractivity contribution < 1.29 is 17.9 Å². The van der Waals surface area contributed by atoms with E-state index in [1.54, 1.807) is 0 Å². The second kappa shape index (κ2) is 10.3. The van der Waals surface area contributed by atoms with Crippen LogP contribution in [-0.4, -0.2) is 27.5 Å². The Bertz CT molecular complexity index is 994. The maximum Gasteiger partial charge on any atom is 0.258 e. The number of hydrogen-bond acceptors (Lipinski definition) is 4.